The molecule has 1 N–H and O–H groups in total. The van der Waals surface area contributed by atoms with Gasteiger partial charge in [0, 0.05) is 13.1 Å². The molecule has 1 saturated heterocycles. The fourth-order valence-corrected chi connectivity index (χ4v) is 2.53. The number of rotatable bonds is 4. The number of ether oxygens (including phenoxy) is 3. The van der Waals surface area contributed by atoms with Crippen LogP contribution >= 0.6 is 0 Å². The van der Waals surface area contributed by atoms with Crippen LogP contribution in [0.1, 0.15) is 48.0 Å². The fraction of sp³-hybridized carbons (Fsp3) is 0.778. The number of nitrogens with one attached hydrogen (secondary N) is 1. The first-order chi connectivity index (χ1) is 11.4. The highest BCUT2D eigenvalue weighted by Crippen LogP contribution is 2.26. The van der Waals surface area contributed by atoms with Crippen molar-refractivity contribution in [3.05, 3.63) is 12.3 Å². The molecule has 0 saturated carbocycles. The lowest BCUT2D eigenvalue weighted by Gasteiger charge is -2.27. The third kappa shape index (κ3) is 8.14. The Morgan fingerprint density at radius 1 is 1.12 bits per heavy atom. The molecule has 0 spiro atoms. The van der Waals surface area contributed by atoms with Crippen LogP contribution in [0.3, 0.4) is 0 Å². The van der Waals surface area contributed by atoms with Crippen LogP contribution in [0.15, 0.2) is 12.3 Å². The van der Waals surface area contributed by atoms with Gasteiger partial charge >= 0.3 is 12.2 Å². The zero-order chi connectivity index (χ0) is 19.3. The Labute approximate surface area is 150 Å². The van der Waals surface area contributed by atoms with Gasteiger partial charge in [-0.2, -0.15) is 0 Å². The Bertz CT molecular complexity index is 491. The molecule has 144 valence electrons. The Hall–Kier alpha value is -1.92. The zero-order valence-electron chi connectivity index (χ0n) is 16.4. The molecule has 0 radical (unpaired) electrons. The van der Waals surface area contributed by atoms with Crippen LogP contribution in [0.2, 0.25) is 0 Å². The van der Waals surface area contributed by atoms with E-state index in [9.17, 15) is 9.59 Å². The Morgan fingerprint density at radius 3 is 2.24 bits per heavy atom. The van der Waals surface area contributed by atoms with Crippen molar-refractivity contribution in [3.63, 3.8) is 0 Å². The molecule has 1 aliphatic rings. The fourth-order valence-electron chi connectivity index (χ4n) is 2.53. The van der Waals surface area contributed by atoms with Gasteiger partial charge in [0.2, 0.25) is 0 Å². The lowest BCUT2D eigenvalue weighted by Crippen LogP contribution is -2.40. The van der Waals surface area contributed by atoms with E-state index in [2.05, 4.69) is 5.32 Å². The molecule has 7 nitrogen and oxygen atoms in total. The van der Waals surface area contributed by atoms with Gasteiger partial charge in [0.25, 0.3) is 0 Å². The molecule has 0 aromatic carbocycles. The minimum absolute atomic E-state index is 0.117. The number of amides is 2. The molecule has 1 rings (SSSR count). The summed E-state index contributed by atoms with van der Waals surface area (Å²) >= 11 is 0. The van der Waals surface area contributed by atoms with E-state index in [1.165, 1.54) is 0 Å². The molecule has 0 bridgehead atoms. The SMILES string of the molecule is CO/C=C/C1C[C@@H](CNC(=O)OC(C)(C)C)CN1C(=O)OC(C)(C)C. The van der Waals surface area contributed by atoms with E-state index in [0.717, 1.165) is 6.42 Å². The maximum absolute atomic E-state index is 12.4. The summed E-state index contributed by atoms with van der Waals surface area (Å²) in [6, 6.07) is -0.125. The van der Waals surface area contributed by atoms with E-state index >= 15 is 0 Å². The predicted molar refractivity (Wildman–Crippen MR) is 95.2 cm³/mol. The average molecular weight is 356 g/mol. The minimum Gasteiger partial charge on any atom is -0.505 e. The van der Waals surface area contributed by atoms with Gasteiger partial charge in [-0.15, -0.1) is 0 Å². The Morgan fingerprint density at radius 2 is 1.72 bits per heavy atom. The summed E-state index contributed by atoms with van der Waals surface area (Å²) in [4.78, 5) is 25.9. The van der Waals surface area contributed by atoms with Crippen molar-refractivity contribution in [1.82, 2.24) is 10.2 Å². The Kier molecular flexibility index (Phi) is 7.14. The van der Waals surface area contributed by atoms with Gasteiger partial charge in [0.15, 0.2) is 0 Å². The first kappa shape index (κ1) is 21.1. The summed E-state index contributed by atoms with van der Waals surface area (Å²) in [6.45, 7) is 11.9. The summed E-state index contributed by atoms with van der Waals surface area (Å²) in [5.41, 5.74) is -1.09. The maximum Gasteiger partial charge on any atom is 0.410 e. The van der Waals surface area contributed by atoms with Crippen molar-refractivity contribution in [2.75, 3.05) is 20.2 Å². The van der Waals surface area contributed by atoms with Crippen molar-refractivity contribution in [2.45, 2.75) is 65.2 Å². The molecule has 1 heterocycles. The van der Waals surface area contributed by atoms with Crippen LogP contribution in [0.25, 0.3) is 0 Å². The summed E-state index contributed by atoms with van der Waals surface area (Å²) in [6.07, 6.45) is 3.29. The molecule has 1 fully saturated rings. The van der Waals surface area contributed by atoms with Crippen LogP contribution in [0.4, 0.5) is 9.59 Å². The van der Waals surface area contributed by atoms with Gasteiger partial charge < -0.3 is 24.4 Å². The van der Waals surface area contributed by atoms with E-state index in [1.54, 1.807) is 18.3 Å². The predicted octanol–water partition coefficient (Wildman–Crippen LogP) is 3.30. The third-order valence-electron chi connectivity index (χ3n) is 3.43. The molecule has 25 heavy (non-hydrogen) atoms. The largest absolute Gasteiger partial charge is 0.505 e. The first-order valence-electron chi connectivity index (χ1n) is 8.57. The van der Waals surface area contributed by atoms with Crippen molar-refractivity contribution >= 4 is 12.2 Å². The van der Waals surface area contributed by atoms with E-state index in [0.29, 0.717) is 13.1 Å². The number of likely N-dealkylation sites (tertiary alicyclic amines) is 1. The standard InChI is InChI=1S/C18H32N2O5/c1-17(2,3)24-15(21)19-11-13-10-14(8-9-23-7)20(12-13)16(22)25-18(4,5)6/h8-9,13-14H,10-12H2,1-7H3,(H,19,21)/b9-8+/t13-,14?/m0/s1. The van der Waals surface area contributed by atoms with Crippen LogP contribution < -0.4 is 5.32 Å². The molecule has 1 aliphatic heterocycles. The van der Waals surface area contributed by atoms with Crippen molar-refractivity contribution in [2.24, 2.45) is 5.92 Å². The van der Waals surface area contributed by atoms with Crippen LogP contribution in [-0.4, -0.2) is 54.5 Å². The molecule has 0 aromatic heterocycles. The number of alkyl carbamates (subject to hydrolysis) is 1. The average Bonchev–Trinajstić information content (AvgIpc) is 2.82. The number of carbonyl (C=O) groups excluding carboxylic acids is 2. The van der Waals surface area contributed by atoms with Gasteiger partial charge in [-0.05, 0) is 60.0 Å². The summed E-state index contributed by atoms with van der Waals surface area (Å²) in [5, 5.41) is 2.77. The first-order valence-corrected chi connectivity index (χ1v) is 8.57. The van der Waals surface area contributed by atoms with Gasteiger partial charge in [-0.1, -0.05) is 0 Å². The van der Waals surface area contributed by atoms with Gasteiger partial charge in [0.05, 0.1) is 19.4 Å². The van der Waals surface area contributed by atoms with Gasteiger partial charge in [-0.25, -0.2) is 9.59 Å². The van der Waals surface area contributed by atoms with Gasteiger partial charge in [-0.3, -0.25) is 0 Å². The number of methoxy groups -OCH3 is 1. The smallest absolute Gasteiger partial charge is 0.410 e. The highest BCUT2D eigenvalue weighted by Gasteiger charge is 2.36. The molecule has 0 aromatic rings. The Balaban J connectivity index is 2.65. The normalized spacial score (nSPS) is 21.3. The second-order valence-electron chi connectivity index (χ2n) is 8.25. The summed E-state index contributed by atoms with van der Waals surface area (Å²) in [7, 11) is 1.56. The lowest BCUT2D eigenvalue weighted by atomic mass is 10.1. The molecular formula is C18H32N2O5. The van der Waals surface area contributed by atoms with E-state index < -0.39 is 17.3 Å². The van der Waals surface area contributed by atoms with Crippen molar-refractivity contribution < 1.29 is 23.8 Å². The third-order valence-corrected chi connectivity index (χ3v) is 3.43. The topological polar surface area (TPSA) is 77.1 Å². The summed E-state index contributed by atoms with van der Waals surface area (Å²) in [5.74, 6) is 0.117. The lowest BCUT2D eigenvalue weighted by molar-refractivity contribution is 0.0249. The second-order valence-corrected chi connectivity index (χ2v) is 8.25. The van der Waals surface area contributed by atoms with Crippen molar-refractivity contribution in [1.29, 1.82) is 0 Å². The molecule has 7 heteroatoms. The number of nitrogens with zero attached hydrogens (tertiary/aromatic N) is 1. The number of hydrogen-bond acceptors (Lipinski definition) is 5. The molecule has 2 atom stereocenters. The van der Waals surface area contributed by atoms with Crippen LogP contribution in [0, 0.1) is 5.92 Å². The summed E-state index contributed by atoms with van der Waals surface area (Å²) < 4.78 is 15.7. The highest BCUT2D eigenvalue weighted by molar-refractivity contribution is 5.69. The molecule has 0 aliphatic carbocycles. The minimum atomic E-state index is -0.556. The van der Waals surface area contributed by atoms with Crippen LogP contribution in [-0.2, 0) is 14.2 Å². The second kappa shape index (κ2) is 8.45. The number of carbonyl (C=O) groups is 2. The van der Waals surface area contributed by atoms with Crippen LogP contribution in [0.5, 0.6) is 0 Å². The molecule has 1 unspecified atom stereocenters. The highest BCUT2D eigenvalue weighted by atomic mass is 16.6. The molecule has 2 amide bonds. The van der Waals surface area contributed by atoms with Crippen molar-refractivity contribution in [3.8, 4) is 0 Å². The van der Waals surface area contributed by atoms with E-state index in [-0.39, 0.29) is 18.1 Å². The zero-order valence-corrected chi connectivity index (χ0v) is 16.4. The maximum atomic E-state index is 12.4. The monoisotopic (exact) mass is 356 g/mol. The van der Waals surface area contributed by atoms with E-state index in [1.807, 2.05) is 47.6 Å². The quantitative estimate of drug-likeness (QED) is 0.782. The number of hydrogen-bond donors (Lipinski definition) is 1. The van der Waals surface area contributed by atoms with E-state index in [4.69, 9.17) is 14.2 Å². The molecular weight excluding hydrogens is 324 g/mol. The van der Waals surface area contributed by atoms with Gasteiger partial charge in [0.1, 0.15) is 11.2 Å².